The lowest BCUT2D eigenvalue weighted by Crippen LogP contribution is -2.23. The summed E-state index contributed by atoms with van der Waals surface area (Å²) in [6.45, 7) is 2.23. The quantitative estimate of drug-likeness (QED) is 0.211. The van der Waals surface area contributed by atoms with Crippen molar-refractivity contribution in [3.8, 4) is 0 Å². The Labute approximate surface area is 146 Å². The van der Waals surface area contributed by atoms with Crippen molar-refractivity contribution < 1.29 is 19.8 Å². The Morgan fingerprint density at radius 3 is 1.79 bits per heavy atom. The van der Waals surface area contributed by atoms with Crippen molar-refractivity contribution in [2.75, 3.05) is 0 Å². The van der Waals surface area contributed by atoms with Crippen LogP contribution in [-0.2, 0) is 9.63 Å². The van der Waals surface area contributed by atoms with E-state index in [0.29, 0.717) is 19.3 Å². The summed E-state index contributed by atoms with van der Waals surface area (Å²) >= 11 is 0. The van der Waals surface area contributed by atoms with Crippen LogP contribution in [0.5, 0.6) is 0 Å². The van der Waals surface area contributed by atoms with E-state index in [-0.39, 0.29) is 6.42 Å². The zero-order valence-electron chi connectivity index (χ0n) is 15.2. The molecule has 0 saturated carbocycles. The molecule has 0 spiro atoms. The molecule has 24 heavy (non-hydrogen) atoms. The minimum Gasteiger partial charge on any atom is -0.550 e. The van der Waals surface area contributed by atoms with Gasteiger partial charge in [0.15, 0.2) is 0 Å². The molecule has 0 radical (unpaired) electrons. The molecule has 142 valence electrons. The average molecular weight is 344 g/mol. The van der Waals surface area contributed by atoms with Crippen molar-refractivity contribution in [1.82, 2.24) is 0 Å². The molecule has 6 nitrogen and oxygen atoms in total. The maximum atomic E-state index is 10.5. The van der Waals surface area contributed by atoms with Gasteiger partial charge in [0.1, 0.15) is 6.10 Å². The van der Waals surface area contributed by atoms with Gasteiger partial charge in [-0.2, -0.15) is 0 Å². The summed E-state index contributed by atoms with van der Waals surface area (Å²) in [6.07, 6.45) is 14.4. The number of hydrogen-bond acceptors (Lipinski definition) is 5. The molecule has 0 amide bonds. The highest BCUT2D eigenvalue weighted by atomic mass is 17.0. The van der Waals surface area contributed by atoms with Crippen molar-refractivity contribution in [2.24, 2.45) is 0 Å². The maximum Gasteiger partial charge on any atom is 0.294 e. The number of hydrogen-bond donors (Lipinski definition) is 0. The van der Waals surface area contributed by atoms with Crippen molar-refractivity contribution in [3.63, 3.8) is 0 Å². The van der Waals surface area contributed by atoms with Gasteiger partial charge in [0, 0.05) is 5.97 Å². The molecular formula is C18H34NO5-. The lowest BCUT2D eigenvalue weighted by atomic mass is 10.0. The monoisotopic (exact) mass is 344 g/mol. The van der Waals surface area contributed by atoms with Crippen LogP contribution in [0.1, 0.15) is 103 Å². The molecule has 0 aromatic carbocycles. The molecule has 0 rings (SSSR count). The van der Waals surface area contributed by atoms with Crippen molar-refractivity contribution >= 4 is 5.97 Å². The van der Waals surface area contributed by atoms with E-state index in [1.54, 1.807) is 0 Å². The normalized spacial score (nSPS) is 12.0. The van der Waals surface area contributed by atoms with Crippen LogP contribution in [0.15, 0.2) is 0 Å². The lowest BCUT2D eigenvalue weighted by molar-refractivity contribution is -0.769. The van der Waals surface area contributed by atoms with E-state index in [2.05, 4.69) is 11.8 Å². The minimum absolute atomic E-state index is 0.0736. The summed E-state index contributed by atoms with van der Waals surface area (Å²) in [5.41, 5.74) is 0. The van der Waals surface area contributed by atoms with E-state index < -0.39 is 17.2 Å². The van der Waals surface area contributed by atoms with Crippen LogP contribution in [0.25, 0.3) is 0 Å². The van der Waals surface area contributed by atoms with Crippen LogP contribution in [0, 0.1) is 10.1 Å². The van der Waals surface area contributed by atoms with Crippen molar-refractivity contribution in [3.05, 3.63) is 10.1 Å². The predicted molar refractivity (Wildman–Crippen MR) is 91.8 cm³/mol. The van der Waals surface area contributed by atoms with Gasteiger partial charge in [-0.1, -0.05) is 77.6 Å². The van der Waals surface area contributed by atoms with Gasteiger partial charge in [0.05, 0.1) is 0 Å². The van der Waals surface area contributed by atoms with Crippen LogP contribution in [-0.4, -0.2) is 17.2 Å². The summed E-state index contributed by atoms with van der Waals surface area (Å²) in [6, 6.07) is 0. The zero-order valence-corrected chi connectivity index (χ0v) is 15.2. The van der Waals surface area contributed by atoms with Gasteiger partial charge in [0.25, 0.3) is 5.09 Å². The second-order valence-electron chi connectivity index (χ2n) is 6.54. The number of carbonyl (C=O) groups excluding carboxylic acids is 1. The molecule has 1 unspecified atom stereocenters. The third-order valence-electron chi connectivity index (χ3n) is 4.27. The smallest absolute Gasteiger partial charge is 0.294 e. The first-order valence-electron chi connectivity index (χ1n) is 9.57. The number of nitrogens with zero attached hydrogens (tertiary/aromatic N) is 1. The Bertz CT molecular complexity index is 323. The maximum absolute atomic E-state index is 10.5. The topological polar surface area (TPSA) is 92.5 Å². The third-order valence-corrected chi connectivity index (χ3v) is 4.27. The summed E-state index contributed by atoms with van der Waals surface area (Å²) in [4.78, 5) is 25.5. The van der Waals surface area contributed by atoms with Gasteiger partial charge < -0.3 is 14.7 Å². The Balaban J connectivity index is 3.54. The number of unbranched alkanes of at least 4 members (excludes halogenated alkanes) is 10. The number of rotatable bonds is 18. The zero-order chi connectivity index (χ0) is 18.0. The predicted octanol–water partition coefficient (Wildman–Crippen LogP) is 4.18. The van der Waals surface area contributed by atoms with Gasteiger partial charge >= 0.3 is 0 Å². The number of carboxylic acid groups (broad SMARTS) is 1. The molecule has 0 aliphatic rings. The fourth-order valence-corrected chi connectivity index (χ4v) is 2.88. The number of carboxylic acids is 1. The first-order chi connectivity index (χ1) is 11.6. The Morgan fingerprint density at radius 2 is 1.33 bits per heavy atom. The molecule has 0 heterocycles. The average Bonchev–Trinajstić information content (AvgIpc) is 2.51. The first kappa shape index (κ1) is 22.7. The fraction of sp³-hybridized carbons (Fsp3) is 0.944. The van der Waals surface area contributed by atoms with Crippen LogP contribution in [0.2, 0.25) is 0 Å². The fourth-order valence-electron chi connectivity index (χ4n) is 2.88. The van der Waals surface area contributed by atoms with Crippen LogP contribution >= 0.6 is 0 Å². The second-order valence-corrected chi connectivity index (χ2v) is 6.54. The summed E-state index contributed by atoms with van der Waals surface area (Å²) in [5.74, 6) is -1.12. The molecular weight excluding hydrogens is 310 g/mol. The van der Waals surface area contributed by atoms with E-state index in [4.69, 9.17) is 0 Å². The van der Waals surface area contributed by atoms with Gasteiger partial charge in [-0.25, -0.2) is 0 Å². The van der Waals surface area contributed by atoms with E-state index in [1.165, 1.54) is 51.4 Å². The molecule has 6 heteroatoms. The molecule has 1 atom stereocenters. The van der Waals surface area contributed by atoms with Crippen molar-refractivity contribution in [2.45, 2.75) is 109 Å². The van der Waals surface area contributed by atoms with E-state index in [9.17, 15) is 20.0 Å². The SMILES string of the molecule is CCCCCCCCCCCCCC(CCCC(=O)[O-])O[N+](=O)[O-]. The highest BCUT2D eigenvalue weighted by Crippen LogP contribution is 2.16. The molecule has 0 fully saturated rings. The Kier molecular flexibility index (Phi) is 15.6. The van der Waals surface area contributed by atoms with Crippen LogP contribution in [0.4, 0.5) is 0 Å². The standard InChI is InChI=1S/C18H35NO5/c1-2-3-4-5-6-7-8-9-10-11-12-14-17(24-19(22)23)15-13-16-18(20)21/h17H,2-16H2,1H3,(H,20,21)/p-1. The second kappa shape index (κ2) is 16.5. The molecule has 0 aliphatic carbocycles. The Morgan fingerprint density at radius 1 is 0.875 bits per heavy atom. The number of carbonyl (C=O) groups is 1. The molecule has 0 aromatic rings. The summed E-state index contributed by atoms with van der Waals surface area (Å²) in [7, 11) is 0. The molecule has 0 bridgehead atoms. The summed E-state index contributed by atoms with van der Waals surface area (Å²) < 4.78 is 0. The highest BCUT2D eigenvalue weighted by molar-refractivity contribution is 5.64. The minimum atomic E-state index is -1.12. The first-order valence-corrected chi connectivity index (χ1v) is 9.57. The highest BCUT2D eigenvalue weighted by Gasteiger charge is 2.12. The summed E-state index contributed by atoms with van der Waals surface area (Å²) in [5, 5.41) is 20.1. The molecule has 0 N–H and O–H groups in total. The number of aliphatic carboxylic acids is 1. The molecule has 0 aliphatic heterocycles. The van der Waals surface area contributed by atoms with Crippen LogP contribution < -0.4 is 5.11 Å². The van der Waals surface area contributed by atoms with E-state index in [0.717, 1.165) is 19.3 Å². The van der Waals surface area contributed by atoms with Crippen LogP contribution in [0.3, 0.4) is 0 Å². The largest absolute Gasteiger partial charge is 0.550 e. The van der Waals surface area contributed by atoms with E-state index >= 15 is 0 Å². The van der Waals surface area contributed by atoms with Crippen molar-refractivity contribution in [1.29, 1.82) is 0 Å². The Hall–Kier alpha value is -1.33. The van der Waals surface area contributed by atoms with Gasteiger partial charge in [-0.3, -0.25) is 0 Å². The molecule has 0 saturated heterocycles. The van der Waals surface area contributed by atoms with Gasteiger partial charge in [-0.15, -0.1) is 10.1 Å². The van der Waals surface area contributed by atoms with E-state index in [1.807, 2.05) is 0 Å². The third kappa shape index (κ3) is 17.0. The lowest BCUT2D eigenvalue weighted by Gasteiger charge is -2.14. The molecule has 0 aromatic heterocycles. The van der Waals surface area contributed by atoms with Gasteiger partial charge in [-0.05, 0) is 25.7 Å². The van der Waals surface area contributed by atoms with Gasteiger partial charge in [0.2, 0.25) is 0 Å².